The maximum atomic E-state index is 14.2. The summed E-state index contributed by atoms with van der Waals surface area (Å²) in [6.45, 7) is 1.62. The van der Waals surface area contributed by atoms with E-state index in [2.05, 4.69) is 31.6 Å². The van der Waals surface area contributed by atoms with Crippen molar-refractivity contribution in [3.63, 3.8) is 0 Å². The number of unbranched alkanes of at least 4 members (excludes halogenated alkanes) is 1. The molecule has 4 atom stereocenters. The van der Waals surface area contributed by atoms with Crippen LogP contribution in [0, 0.1) is 17.6 Å². The standard InChI is InChI=1S/C33H38F2N8O5S/c34-22-7-10-24(35)27(16-22)43-17-21(15-30(43)45)32(46)37-23-8-5-20(6-9-23)25-18-42(41-40-25)12-14-48-13-11-36-29(44)4-2-1-3-28-31-26(19-49-28)38-33(47)39-31/h5-10,16,18,21,26,28,31H,1-4,11-15,17,19H2,(H,36,44)(H,37,46)(H2,38,39,47)/t21?,26-,28-,31-/m0/s1. The topological polar surface area (TPSA) is 160 Å². The summed E-state index contributed by atoms with van der Waals surface area (Å²) in [6.07, 6.45) is 4.86. The number of amides is 5. The van der Waals surface area contributed by atoms with Crippen LogP contribution in [0.1, 0.15) is 32.1 Å². The van der Waals surface area contributed by atoms with Crippen molar-refractivity contribution >= 4 is 46.9 Å². The highest BCUT2D eigenvalue weighted by atomic mass is 32.2. The van der Waals surface area contributed by atoms with Crippen molar-refractivity contribution in [3.05, 3.63) is 60.3 Å². The predicted octanol–water partition coefficient (Wildman–Crippen LogP) is 3.07. The Kier molecular flexibility index (Phi) is 11.0. The van der Waals surface area contributed by atoms with Crippen molar-refractivity contribution < 1.29 is 32.7 Å². The molecule has 0 bridgehead atoms. The van der Waals surface area contributed by atoms with Crippen LogP contribution >= 0.6 is 11.8 Å². The number of carbonyl (C=O) groups excluding carboxylic acids is 4. The van der Waals surface area contributed by atoms with Gasteiger partial charge in [0, 0.05) is 54.3 Å². The fourth-order valence-electron chi connectivity index (χ4n) is 6.20. The summed E-state index contributed by atoms with van der Waals surface area (Å²) in [5.41, 5.74) is 1.76. The highest BCUT2D eigenvalue weighted by Crippen LogP contribution is 2.33. The largest absolute Gasteiger partial charge is 0.378 e. The van der Waals surface area contributed by atoms with E-state index in [1.807, 2.05) is 11.8 Å². The number of nitrogens with one attached hydrogen (secondary N) is 4. The molecule has 3 aliphatic heterocycles. The molecule has 0 saturated carbocycles. The number of rotatable bonds is 15. The zero-order valence-corrected chi connectivity index (χ0v) is 27.5. The Labute approximate surface area is 285 Å². The number of hydrogen-bond donors (Lipinski definition) is 4. The number of urea groups is 1. The molecule has 3 aromatic rings. The molecule has 260 valence electrons. The van der Waals surface area contributed by atoms with Crippen LogP contribution in [-0.4, -0.2) is 88.1 Å². The zero-order valence-electron chi connectivity index (χ0n) is 26.7. The van der Waals surface area contributed by atoms with Gasteiger partial charge < -0.3 is 30.9 Å². The van der Waals surface area contributed by atoms with Crippen LogP contribution in [0.2, 0.25) is 0 Å². The molecule has 2 aromatic carbocycles. The van der Waals surface area contributed by atoms with E-state index in [4.69, 9.17) is 4.74 Å². The van der Waals surface area contributed by atoms with Gasteiger partial charge in [0.1, 0.15) is 17.3 Å². The van der Waals surface area contributed by atoms with Crippen LogP contribution in [0.3, 0.4) is 0 Å². The molecule has 5 amide bonds. The number of aromatic nitrogens is 3. The molecule has 3 fully saturated rings. The molecule has 0 radical (unpaired) electrons. The summed E-state index contributed by atoms with van der Waals surface area (Å²) in [5, 5.41) is 20.4. The number of halogens is 2. The first kappa shape index (κ1) is 34.3. The normalized spacial score (nSPS) is 21.4. The van der Waals surface area contributed by atoms with E-state index in [0.717, 1.165) is 53.7 Å². The van der Waals surface area contributed by atoms with Crippen molar-refractivity contribution in [1.29, 1.82) is 0 Å². The van der Waals surface area contributed by atoms with Crippen molar-refractivity contribution in [2.24, 2.45) is 5.92 Å². The van der Waals surface area contributed by atoms with Crippen molar-refractivity contribution in [1.82, 2.24) is 30.9 Å². The molecule has 49 heavy (non-hydrogen) atoms. The van der Waals surface area contributed by atoms with Gasteiger partial charge in [0.05, 0.1) is 49.6 Å². The first-order valence-electron chi connectivity index (χ1n) is 16.3. The van der Waals surface area contributed by atoms with Crippen LogP contribution in [0.5, 0.6) is 0 Å². The molecule has 4 N–H and O–H groups in total. The lowest BCUT2D eigenvalue weighted by molar-refractivity contribution is -0.122. The summed E-state index contributed by atoms with van der Waals surface area (Å²) in [6, 6.07) is 10.2. The predicted molar refractivity (Wildman–Crippen MR) is 179 cm³/mol. The van der Waals surface area contributed by atoms with Gasteiger partial charge in [0.2, 0.25) is 17.7 Å². The van der Waals surface area contributed by atoms with Gasteiger partial charge in [0.15, 0.2) is 0 Å². The molecule has 1 unspecified atom stereocenters. The van der Waals surface area contributed by atoms with Crippen LogP contribution in [0.15, 0.2) is 48.7 Å². The first-order chi connectivity index (χ1) is 23.7. The zero-order chi connectivity index (χ0) is 34.3. The van der Waals surface area contributed by atoms with E-state index >= 15 is 0 Å². The number of nitrogens with zero attached hydrogens (tertiary/aromatic N) is 4. The van der Waals surface area contributed by atoms with Gasteiger partial charge in [-0.25, -0.2) is 18.3 Å². The van der Waals surface area contributed by atoms with Crippen LogP contribution in [0.25, 0.3) is 11.3 Å². The molecular weight excluding hydrogens is 658 g/mol. The van der Waals surface area contributed by atoms with Gasteiger partial charge in [-0.2, -0.15) is 11.8 Å². The van der Waals surface area contributed by atoms with E-state index in [0.29, 0.717) is 49.4 Å². The van der Waals surface area contributed by atoms with Crippen LogP contribution < -0.4 is 26.2 Å². The van der Waals surface area contributed by atoms with Crippen molar-refractivity contribution in [2.75, 3.05) is 42.3 Å². The Morgan fingerprint density at radius 3 is 2.73 bits per heavy atom. The van der Waals surface area contributed by atoms with E-state index in [1.54, 1.807) is 35.1 Å². The number of hydrogen-bond acceptors (Lipinski definition) is 8. The minimum atomic E-state index is -0.729. The minimum Gasteiger partial charge on any atom is -0.378 e. The minimum absolute atomic E-state index is 0.000675. The van der Waals surface area contributed by atoms with Gasteiger partial charge in [-0.15, -0.1) is 5.10 Å². The van der Waals surface area contributed by atoms with Gasteiger partial charge in [-0.3, -0.25) is 14.4 Å². The average Bonchev–Trinajstić information content (AvgIpc) is 3.88. The maximum absolute atomic E-state index is 14.2. The number of thioether (sulfide) groups is 1. The average molecular weight is 697 g/mol. The van der Waals surface area contributed by atoms with Gasteiger partial charge in [-0.1, -0.05) is 23.8 Å². The number of benzene rings is 2. The number of anilines is 2. The van der Waals surface area contributed by atoms with Gasteiger partial charge in [-0.05, 0) is 37.1 Å². The van der Waals surface area contributed by atoms with E-state index < -0.39 is 29.4 Å². The fourth-order valence-corrected chi connectivity index (χ4v) is 7.75. The van der Waals surface area contributed by atoms with E-state index in [1.165, 1.54) is 0 Å². The summed E-state index contributed by atoms with van der Waals surface area (Å²) in [4.78, 5) is 50.1. The van der Waals surface area contributed by atoms with Crippen molar-refractivity contribution in [3.8, 4) is 11.3 Å². The smallest absolute Gasteiger partial charge is 0.315 e. The van der Waals surface area contributed by atoms with Crippen LogP contribution in [-0.2, 0) is 25.7 Å². The molecular formula is C33H38F2N8O5S. The maximum Gasteiger partial charge on any atom is 0.315 e. The van der Waals surface area contributed by atoms with E-state index in [9.17, 15) is 28.0 Å². The van der Waals surface area contributed by atoms with Crippen molar-refractivity contribution in [2.45, 2.75) is 56.0 Å². The third-order valence-corrected chi connectivity index (χ3v) is 10.3. The number of carbonyl (C=O) groups is 4. The molecule has 0 aliphatic carbocycles. The molecule has 3 aliphatic rings. The second-order valence-corrected chi connectivity index (χ2v) is 13.5. The first-order valence-corrected chi connectivity index (χ1v) is 17.4. The monoisotopic (exact) mass is 696 g/mol. The Bertz CT molecular complexity index is 1670. The number of fused-ring (bicyclic) bond motifs is 1. The molecule has 0 spiro atoms. The van der Waals surface area contributed by atoms with Crippen LogP contribution in [0.4, 0.5) is 25.0 Å². The van der Waals surface area contributed by atoms with Gasteiger partial charge >= 0.3 is 6.03 Å². The Morgan fingerprint density at radius 2 is 1.90 bits per heavy atom. The third-order valence-electron chi connectivity index (χ3n) is 8.80. The summed E-state index contributed by atoms with van der Waals surface area (Å²) in [5.74, 6) is -2.01. The third kappa shape index (κ3) is 8.73. The highest BCUT2D eigenvalue weighted by molar-refractivity contribution is 8.00. The summed E-state index contributed by atoms with van der Waals surface area (Å²) in [7, 11) is 0. The Balaban J connectivity index is 0.847. The second kappa shape index (κ2) is 15.8. The SMILES string of the molecule is O=C(CCCC[C@@H]1SC[C@@H]2NC(=O)N[C@@H]21)NCCOCCn1cc(-c2ccc(NC(=O)C3CC(=O)N(c4cc(F)ccc4F)C3)cc2)nn1. The van der Waals surface area contributed by atoms with E-state index in [-0.39, 0.29) is 42.7 Å². The Morgan fingerprint density at radius 1 is 1.06 bits per heavy atom. The number of ether oxygens (including phenoxy) is 1. The second-order valence-electron chi connectivity index (χ2n) is 12.3. The lowest BCUT2D eigenvalue weighted by Gasteiger charge is -2.17. The lowest BCUT2D eigenvalue weighted by atomic mass is 10.0. The molecule has 13 nitrogen and oxygen atoms in total. The van der Waals surface area contributed by atoms with Gasteiger partial charge in [0.25, 0.3) is 0 Å². The summed E-state index contributed by atoms with van der Waals surface area (Å²) >= 11 is 1.88. The molecule has 1 aromatic heterocycles. The highest BCUT2D eigenvalue weighted by Gasteiger charge is 2.42. The quantitative estimate of drug-likeness (QED) is 0.139. The fraction of sp³-hybridized carbons (Fsp3) is 0.455. The molecule has 16 heteroatoms. The molecule has 3 saturated heterocycles. The molecule has 4 heterocycles. The lowest BCUT2D eigenvalue weighted by Crippen LogP contribution is -2.36. The molecule has 6 rings (SSSR count). The Hall–Kier alpha value is -4.57. The summed E-state index contributed by atoms with van der Waals surface area (Å²) < 4.78 is 35.1.